The van der Waals surface area contributed by atoms with E-state index in [-0.39, 0.29) is 11.9 Å². The van der Waals surface area contributed by atoms with Crippen molar-refractivity contribution >= 4 is 28.8 Å². The number of fused-ring (bicyclic) bond motifs is 1. The molecule has 29 heavy (non-hydrogen) atoms. The highest BCUT2D eigenvalue weighted by Gasteiger charge is 2.18. The van der Waals surface area contributed by atoms with Crippen molar-refractivity contribution in [1.29, 1.82) is 0 Å². The quantitative estimate of drug-likeness (QED) is 0.487. The van der Waals surface area contributed by atoms with E-state index in [2.05, 4.69) is 20.2 Å². The summed E-state index contributed by atoms with van der Waals surface area (Å²) in [7, 11) is 0. The van der Waals surface area contributed by atoms with Gasteiger partial charge in [0.15, 0.2) is 5.65 Å². The van der Waals surface area contributed by atoms with E-state index < -0.39 is 0 Å². The van der Waals surface area contributed by atoms with Gasteiger partial charge in [0.1, 0.15) is 18.1 Å². The van der Waals surface area contributed by atoms with Crippen LogP contribution in [-0.2, 0) is 0 Å². The van der Waals surface area contributed by atoms with Crippen molar-refractivity contribution in [2.45, 2.75) is 26.3 Å². The number of benzene rings is 1. The Balaban J connectivity index is 1.62. The number of aromatic nitrogens is 5. The highest BCUT2D eigenvalue weighted by molar-refractivity contribution is 6.36. The maximum absolute atomic E-state index is 6.40. The summed E-state index contributed by atoms with van der Waals surface area (Å²) in [5.74, 6) is 1.00. The molecule has 3 aromatic heterocycles. The lowest BCUT2D eigenvalue weighted by Gasteiger charge is -2.13. The molecule has 10 heteroatoms. The van der Waals surface area contributed by atoms with E-state index in [1.54, 1.807) is 22.8 Å². The van der Waals surface area contributed by atoms with Crippen LogP contribution in [0.4, 0.5) is 0 Å². The van der Waals surface area contributed by atoms with Crippen LogP contribution in [-0.4, -0.2) is 37.4 Å². The number of nitrogens with two attached hydrogens (primary N) is 1. The Morgan fingerprint density at radius 1 is 1.21 bits per heavy atom. The fourth-order valence-corrected chi connectivity index (χ4v) is 3.10. The zero-order valence-electron chi connectivity index (χ0n) is 15.8. The van der Waals surface area contributed by atoms with E-state index in [9.17, 15) is 0 Å². The molecule has 4 aromatic rings. The SMILES string of the molecule is CC[C@@H](N)COc1cc(Cl)c(-c2noc(-c3cn4nc(C)ccc4n3)n2)cc1Cl. The Hall–Kier alpha value is -2.68. The summed E-state index contributed by atoms with van der Waals surface area (Å²) < 4.78 is 12.7. The minimum atomic E-state index is -0.0759. The molecule has 0 unspecified atom stereocenters. The maximum atomic E-state index is 6.40. The first kappa shape index (κ1) is 19.6. The van der Waals surface area contributed by atoms with Crippen molar-refractivity contribution in [3.05, 3.63) is 46.2 Å². The zero-order chi connectivity index (χ0) is 20.5. The molecule has 0 aliphatic carbocycles. The molecule has 1 atom stereocenters. The molecule has 0 saturated carbocycles. The lowest BCUT2D eigenvalue weighted by atomic mass is 10.2. The van der Waals surface area contributed by atoms with Gasteiger partial charge in [-0.3, -0.25) is 0 Å². The van der Waals surface area contributed by atoms with E-state index in [4.69, 9.17) is 38.2 Å². The second-order valence-electron chi connectivity index (χ2n) is 6.57. The topological polar surface area (TPSA) is 104 Å². The van der Waals surface area contributed by atoms with Crippen LogP contribution >= 0.6 is 23.2 Å². The summed E-state index contributed by atoms with van der Waals surface area (Å²) in [6.07, 6.45) is 2.52. The van der Waals surface area contributed by atoms with Crippen molar-refractivity contribution < 1.29 is 9.26 Å². The Labute approximate surface area is 176 Å². The van der Waals surface area contributed by atoms with Crippen molar-refractivity contribution in [3.63, 3.8) is 0 Å². The van der Waals surface area contributed by atoms with E-state index >= 15 is 0 Å². The maximum Gasteiger partial charge on any atom is 0.278 e. The lowest BCUT2D eigenvalue weighted by Crippen LogP contribution is -2.26. The van der Waals surface area contributed by atoms with Gasteiger partial charge >= 0.3 is 0 Å². The monoisotopic (exact) mass is 432 g/mol. The first-order chi connectivity index (χ1) is 13.9. The minimum Gasteiger partial charge on any atom is -0.490 e. The summed E-state index contributed by atoms with van der Waals surface area (Å²) in [6.45, 7) is 4.23. The predicted molar refractivity (Wildman–Crippen MR) is 110 cm³/mol. The number of hydrogen-bond donors (Lipinski definition) is 1. The van der Waals surface area contributed by atoms with Gasteiger partial charge in [0.25, 0.3) is 5.89 Å². The fourth-order valence-electron chi connectivity index (χ4n) is 2.64. The number of nitrogens with zero attached hydrogens (tertiary/aromatic N) is 5. The highest BCUT2D eigenvalue weighted by Crippen LogP contribution is 2.36. The molecule has 0 aliphatic rings. The zero-order valence-corrected chi connectivity index (χ0v) is 17.3. The number of hydrogen-bond acceptors (Lipinski definition) is 7. The standard InChI is InChI=1S/C19H18Cl2N6O2/c1-3-11(22)9-28-16-7-13(20)12(6-14(16)21)18-24-19(29-26-18)15-8-27-17(23-15)5-4-10(2)25-27/h4-8,11H,3,9,22H2,1-2H3/t11-/m1/s1. The van der Waals surface area contributed by atoms with Crippen LogP contribution < -0.4 is 10.5 Å². The molecule has 0 aliphatic heterocycles. The summed E-state index contributed by atoms with van der Waals surface area (Å²) in [6, 6.07) is 6.93. The van der Waals surface area contributed by atoms with E-state index in [0.717, 1.165) is 12.1 Å². The molecule has 0 fully saturated rings. The average Bonchev–Trinajstić information content (AvgIpc) is 3.34. The van der Waals surface area contributed by atoms with Gasteiger partial charge in [-0.25, -0.2) is 9.50 Å². The summed E-state index contributed by atoms with van der Waals surface area (Å²) in [4.78, 5) is 8.85. The predicted octanol–water partition coefficient (Wildman–Crippen LogP) is 4.18. The largest absolute Gasteiger partial charge is 0.490 e. The van der Waals surface area contributed by atoms with Crippen molar-refractivity contribution in [2.75, 3.05) is 6.61 Å². The van der Waals surface area contributed by atoms with Gasteiger partial charge in [0.2, 0.25) is 5.82 Å². The molecule has 1 aromatic carbocycles. The van der Waals surface area contributed by atoms with Gasteiger partial charge in [-0.15, -0.1) is 0 Å². The van der Waals surface area contributed by atoms with Crippen LogP contribution in [0, 0.1) is 6.92 Å². The Morgan fingerprint density at radius 2 is 2.03 bits per heavy atom. The summed E-state index contributed by atoms with van der Waals surface area (Å²) >= 11 is 12.7. The Bertz CT molecular complexity index is 1170. The molecule has 0 saturated heterocycles. The fraction of sp³-hybridized carbons (Fsp3) is 0.263. The van der Waals surface area contributed by atoms with Gasteiger partial charge in [0.05, 0.1) is 21.9 Å². The van der Waals surface area contributed by atoms with Gasteiger partial charge in [0, 0.05) is 17.7 Å². The third-order valence-electron chi connectivity index (χ3n) is 4.34. The van der Waals surface area contributed by atoms with Crippen LogP contribution in [0.2, 0.25) is 10.0 Å². The van der Waals surface area contributed by atoms with Crippen molar-refractivity contribution in [3.8, 4) is 28.7 Å². The van der Waals surface area contributed by atoms with Crippen molar-refractivity contribution in [2.24, 2.45) is 5.73 Å². The summed E-state index contributed by atoms with van der Waals surface area (Å²) in [5.41, 5.74) is 8.47. The molecule has 3 heterocycles. The normalized spacial score (nSPS) is 12.4. The van der Waals surface area contributed by atoms with Crippen LogP contribution in [0.3, 0.4) is 0 Å². The smallest absolute Gasteiger partial charge is 0.278 e. The number of ether oxygens (including phenoxy) is 1. The second kappa shape index (κ2) is 7.98. The van der Waals surface area contributed by atoms with Gasteiger partial charge in [-0.05, 0) is 31.5 Å². The first-order valence-corrected chi connectivity index (χ1v) is 9.75. The van der Waals surface area contributed by atoms with Crippen molar-refractivity contribution in [1.82, 2.24) is 24.7 Å². The van der Waals surface area contributed by atoms with Gasteiger partial charge < -0.3 is 15.0 Å². The summed E-state index contributed by atoms with van der Waals surface area (Å²) in [5, 5.41) is 9.14. The molecule has 8 nitrogen and oxygen atoms in total. The highest BCUT2D eigenvalue weighted by atomic mass is 35.5. The van der Waals surface area contributed by atoms with Gasteiger partial charge in [-0.2, -0.15) is 10.1 Å². The lowest BCUT2D eigenvalue weighted by molar-refractivity contribution is 0.285. The van der Waals surface area contributed by atoms with E-state index in [0.29, 0.717) is 45.1 Å². The van der Waals surface area contributed by atoms with Crippen LogP contribution in [0.15, 0.2) is 35.0 Å². The van der Waals surface area contributed by atoms with E-state index in [1.165, 1.54) is 0 Å². The third kappa shape index (κ3) is 4.05. The molecule has 0 spiro atoms. The van der Waals surface area contributed by atoms with Crippen LogP contribution in [0.25, 0.3) is 28.6 Å². The Kier molecular flexibility index (Phi) is 5.40. The number of imidazole rings is 1. The molecule has 0 bridgehead atoms. The molecular weight excluding hydrogens is 415 g/mol. The molecule has 0 radical (unpaired) electrons. The first-order valence-electron chi connectivity index (χ1n) is 8.99. The number of halogens is 2. The molecular formula is C19H18Cl2N6O2. The Morgan fingerprint density at radius 3 is 2.83 bits per heavy atom. The minimum absolute atomic E-state index is 0.0759. The molecule has 2 N–H and O–H groups in total. The average molecular weight is 433 g/mol. The number of rotatable bonds is 6. The number of aryl methyl sites for hydroxylation is 1. The van der Waals surface area contributed by atoms with Gasteiger partial charge in [-0.1, -0.05) is 35.3 Å². The third-order valence-corrected chi connectivity index (χ3v) is 4.95. The second-order valence-corrected chi connectivity index (χ2v) is 7.38. The molecule has 150 valence electrons. The van der Waals surface area contributed by atoms with Crippen LogP contribution in [0.1, 0.15) is 19.0 Å². The van der Waals surface area contributed by atoms with E-state index in [1.807, 2.05) is 26.0 Å². The van der Waals surface area contributed by atoms with Crippen LogP contribution in [0.5, 0.6) is 5.75 Å². The molecule has 4 rings (SSSR count). The molecule has 0 amide bonds.